The van der Waals surface area contributed by atoms with Gasteiger partial charge in [-0.1, -0.05) is 13.8 Å². The lowest BCUT2D eigenvalue weighted by molar-refractivity contribution is 0.757. The molecule has 0 bridgehead atoms. The van der Waals surface area contributed by atoms with Crippen molar-refractivity contribution in [1.82, 2.24) is 25.0 Å². The molecule has 0 amide bonds. The molecule has 3 N–H and O–H groups in total. The van der Waals surface area contributed by atoms with Crippen molar-refractivity contribution in [1.29, 1.82) is 0 Å². The molecule has 16 heavy (non-hydrogen) atoms. The van der Waals surface area contributed by atoms with Crippen molar-refractivity contribution in [2.75, 3.05) is 0 Å². The second-order valence-electron chi connectivity index (χ2n) is 4.16. The standard InChI is InChI=1S/C10H16N6/c1-6(2)9-13-10(15-14-9)8(11)7-4-12-16(3)5-7/h4-6,8H,11H2,1-3H3,(H,13,14,15). The number of aryl methyl sites for hydroxylation is 1. The Morgan fingerprint density at radius 3 is 2.69 bits per heavy atom. The smallest absolute Gasteiger partial charge is 0.153 e. The molecule has 0 aliphatic rings. The first-order chi connectivity index (χ1) is 7.58. The summed E-state index contributed by atoms with van der Waals surface area (Å²) in [6.07, 6.45) is 3.62. The number of rotatable bonds is 3. The van der Waals surface area contributed by atoms with Crippen LogP contribution in [-0.4, -0.2) is 25.0 Å². The quantitative estimate of drug-likeness (QED) is 0.797. The number of nitrogens with one attached hydrogen (secondary N) is 1. The highest BCUT2D eigenvalue weighted by Gasteiger charge is 2.16. The average Bonchev–Trinajstić information content (AvgIpc) is 2.84. The van der Waals surface area contributed by atoms with Gasteiger partial charge in [-0.25, -0.2) is 4.98 Å². The minimum Gasteiger partial charge on any atom is -0.318 e. The van der Waals surface area contributed by atoms with Crippen LogP contribution < -0.4 is 5.73 Å². The fraction of sp³-hybridized carbons (Fsp3) is 0.500. The van der Waals surface area contributed by atoms with Crippen molar-refractivity contribution >= 4 is 0 Å². The normalized spacial score (nSPS) is 13.3. The lowest BCUT2D eigenvalue weighted by atomic mass is 10.1. The van der Waals surface area contributed by atoms with Crippen molar-refractivity contribution in [3.8, 4) is 0 Å². The highest BCUT2D eigenvalue weighted by Crippen LogP contribution is 2.17. The molecular formula is C10H16N6. The van der Waals surface area contributed by atoms with Gasteiger partial charge < -0.3 is 5.73 Å². The van der Waals surface area contributed by atoms with Gasteiger partial charge in [0.25, 0.3) is 0 Å². The van der Waals surface area contributed by atoms with E-state index in [0.29, 0.717) is 11.7 Å². The van der Waals surface area contributed by atoms with Gasteiger partial charge in [0, 0.05) is 24.7 Å². The van der Waals surface area contributed by atoms with Crippen LogP contribution in [0.25, 0.3) is 0 Å². The number of aromatic nitrogens is 5. The van der Waals surface area contributed by atoms with E-state index in [1.807, 2.05) is 27.1 Å². The van der Waals surface area contributed by atoms with Crippen LogP contribution in [0.2, 0.25) is 0 Å². The predicted octanol–water partition coefficient (Wildman–Crippen LogP) is 0.710. The molecule has 0 aliphatic carbocycles. The lowest BCUT2D eigenvalue weighted by Gasteiger charge is -2.04. The first-order valence-electron chi connectivity index (χ1n) is 5.24. The van der Waals surface area contributed by atoms with E-state index in [2.05, 4.69) is 20.3 Å². The number of hydrogen-bond acceptors (Lipinski definition) is 4. The summed E-state index contributed by atoms with van der Waals surface area (Å²) in [6, 6.07) is -0.298. The average molecular weight is 220 g/mol. The molecule has 0 saturated heterocycles. The van der Waals surface area contributed by atoms with Crippen LogP contribution >= 0.6 is 0 Å². The summed E-state index contributed by atoms with van der Waals surface area (Å²) in [5, 5.41) is 11.1. The Kier molecular flexibility index (Phi) is 2.74. The van der Waals surface area contributed by atoms with Gasteiger partial charge in [0.05, 0.1) is 12.2 Å². The topological polar surface area (TPSA) is 85.4 Å². The second kappa shape index (κ2) is 4.05. The van der Waals surface area contributed by atoms with Gasteiger partial charge in [-0.2, -0.15) is 10.2 Å². The zero-order valence-electron chi connectivity index (χ0n) is 9.68. The summed E-state index contributed by atoms with van der Waals surface area (Å²) in [4.78, 5) is 4.37. The third-order valence-electron chi connectivity index (χ3n) is 2.41. The maximum absolute atomic E-state index is 6.06. The monoisotopic (exact) mass is 220 g/mol. The second-order valence-corrected chi connectivity index (χ2v) is 4.16. The summed E-state index contributed by atoms with van der Waals surface area (Å²) in [6.45, 7) is 4.09. The molecule has 1 unspecified atom stereocenters. The Bertz CT molecular complexity index is 469. The SMILES string of the molecule is CC(C)c1n[nH]c(C(N)c2cnn(C)c2)n1. The van der Waals surface area contributed by atoms with Crippen LogP contribution in [0.3, 0.4) is 0 Å². The largest absolute Gasteiger partial charge is 0.318 e. The summed E-state index contributed by atoms with van der Waals surface area (Å²) >= 11 is 0. The maximum Gasteiger partial charge on any atom is 0.153 e. The Balaban J connectivity index is 2.23. The lowest BCUT2D eigenvalue weighted by Crippen LogP contribution is -2.13. The molecule has 0 aliphatic heterocycles. The summed E-state index contributed by atoms with van der Waals surface area (Å²) < 4.78 is 1.72. The van der Waals surface area contributed by atoms with Gasteiger partial charge in [0.1, 0.15) is 5.82 Å². The van der Waals surface area contributed by atoms with Gasteiger partial charge in [-0.05, 0) is 0 Å². The van der Waals surface area contributed by atoms with Crippen molar-refractivity contribution < 1.29 is 0 Å². The molecule has 2 aromatic heterocycles. The number of hydrogen-bond donors (Lipinski definition) is 2. The van der Waals surface area contributed by atoms with Crippen LogP contribution in [0.1, 0.15) is 43.0 Å². The number of aromatic amines is 1. The number of nitrogens with zero attached hydrogens (tertiary/aromatic N) is 4. The Morgan fingerprint density at radius 1 is 1.44 bits per heavy atom. The van der Waals surface area contributed by atoms with Crippen LogP contribution in [-0.2, 0) is 7.05 Å². The van der Waals surface area contributed by atoms with Crippen LogP contribution in [0.4, 0.5) is 0 Å². The third kappa shape index (κ3) is 1.96. The Hall–Kier alpha value is -1.69. The van der Waals surface area contributed by atoms with Crippen LogP contribution in [0.15, 0.2) is 12.4 Å². The highest BCUT2D eigenvalue weighted by atomic mass is 15.3. The van der Waals surface area contributed by atoms with Gasteiger partial charge in [-0.3, -0.25) is 9.78 Å². The molecule has 2 heterocycles. The van der Waals surface area contributed by atoms with E-state index in [1.54, 1.807) is 10.9 Å². The Labute approximate surface area is 93.9 Å². The van der Waals surface area contributed by atoms with Crippen LogP contribution in [0, 0.1) is 0 Å². The number of H-pyrrole nitrogens is 1. The van der Waals surface area contributed by atoms with Crippen LogP contribution in [0.5, 0.6) is 0 Å². The molecular weight excluding hydrogens is 204 g/mol. The molecule has 0 radical (unpaired) electrons. The zero-order chi connectivity index (χ0) is 11.7. The van der Waals surface area contributed by atoms with E-state index in [1.165, 1.54) is 0 Å². The molecule has 1 atom stereocenters. The molecule has 2 aromatic rings. The first kappa shape index (κ1) is 10.8. The molecule has 6 heteroatoms. The zero-order valence-corrected chi connectivity index (χ0v) is 9.68. The van der Waals surface area contributed by atoms with E-state index in [4.69, 9.17) is 5.73 Å². The van der Waals surface area contributed by atoms with Crippen molar-refractivity contribution in [3.63, 3.8) is 0 Å². The molecule has 86 valence electrons. The van der Waals surface area contributed by atoms with Gasteiger partial charge >= 0.3 is 0 Å². The van der Waals surface area contributed by atoms with Crippen molar-refractivity contribution in [3.05, 3.63) is 29.6 Å². The summed E-state index contributed by atoms with van der Waals surface area (Å²) in [5.74, 6) is 1.76. The molecule has 2 rings (SSSR count). The first-order valence-corrected chi connectivity index (χ1v) is 5.24. The van der Waals surface area contributed by atoms with E-state index in [0.717, 1.165) is 11.4 Å². The van der Waals surface area contributed by atoms with E-state index >= 15 is 0 Å². The van der Waals surface area contributed by atoms with Gasteiger partial charge in [0.15, 0.2) is 5.82 Å². The predicted molar refractivity (Wildman–Crippen MR) is 59.7 cm³/mol. The minimum atomic E-state index is -0.298. The summed E-state index contributed by atoms with van der Waals surface area (Å²) in [7, 11) is 1.86. The third-order valence-corrected chi connectivity index (χ3v) is 2.41. The molecule has 0 saturated carbocycles. The van der Waals surface area contributed by atoms with Crippen molar-refractivity contribution in [2.45, 2.75) is 25.8 Å². The van der Waals surface area contributed by atoms with E-state index in [9.17, 15) is 0 Å². The molecule has 0 spiro atoms. The number of nitrogens with two attached hydrogens (primary N) is 1. The molecule has 0 aromatic carbocycles. The molecule has 0 fully saturated rings. The Morgan fingerprint density at radius 2 is 2.19 bits per heavy atom. The molecule has 6 nitrogen and oxygen atoms in total. The fourth-order valence-corrected chi connectivity index (χ4v) is 1.44. The van der Waals surface area contributed by atoms with E-state index < -0.39 is 0 Å². The highest BCUT2D eigenvalue weighted by molar-refractivity contribution is 5.18. The maximum atomic E-state index is 6.06. The van der Waals surface area contributed by atoms with Gasteiger partial charge in [0.2, 0.25) is 0 Å². The summed E-state index contributed by atoms with van der Waals surface area (Å²) in [5.41, 5.74) is 6.98. The van der Waals surface area contributed by atoms with Gasteiger partial charge in [-0.15, -0.1) is 0 Å². The fourth-order valence-electron chi connectivity index (χ4n) is 1.44. The minimum absolute atomic E-state index is 0.297. The van der Waals surface area contributed by atoms with Crippen molar-refractivity contribution in [2.24, 2.45) is 12.8 Å². The van der Waals surface area contributed by atoms with E-state index in [-0.39, 0.29) is 6.04 Å².